The fourth-order valence-corrected chi connectivity index (χ4v) is 3.83. The van der Waals surface area contributed by atoms with Crippen LogP contribution in [-0.2, 0) is 16.8 Å². The van der Waals surface area contributed by atoms with Crippen LogP contribution in [-0.4, -0.2) is 31.9 Å². The molecule has 26 heavy (non-hydrogen) atoms. The van der Waals surface area contributed by atoms with Gasteiger partial charge in [0.15, 0.2) is 12.4 Å². The van der Waals surface area contributed by atoms with Gasteiger partial charge in [0.1, 0.15) is 11.4 Å². The van der Waals surface area contributed by atoms with E-state index in [0.29, 0.717) is 12.4 Å². The lowest BCUT2D eigenvalue weighted by Gasteiger charge is -2.36. The van der Waals surface area contributed by atoms with Crippen molar-refractivity contribution in [2.45, 2.75) is 31.8 Å². The molecule has 0 aromatic heterocycles. The fourth-order valence-electron chi connectivity index (χ4n) is 3.83. The summed E-state index contributed by atoms with van der Waals surface area (Å²) in [5.74, 6) is -0.243. The standard InChI is InChI=1S/C22H26FN2O/c1-5-17-15-20(24-2)11-12-21(17)22(18-7-9-19(23)10-8-18)13-6-14-25(3,4)16-26-22/h7-12,15H,5-6,13-14,16H2,1,3-4H3/q+1. The van der Waals surface area contributed by atoms with Crippen LogP contribution in [0, 0.1) is 12.4 Å². The van der Waals surface area contributed by atoms with Gasteiger partial charge < -0.3 is 9.22 Å². The molecule has 2 aromatic rings. The normalized spacial score (nSPS) is 22.4. The summed E-state index contributed by atoms with van der Waals surface area (Å²) in [6.07, 6.45) is 2.67. The van der Waals surface area contributed by atoms with Crippen LogP contribution >= 0.6 is 0 Å². The van der Waals surface area contributed by atoms with Crippen LogP contribution in [0.25, 0.3) is 4.85 Å². The number of benzene rings is 2. The van der Waals surface area contributed by atoms with Gasteiger partial charge in [0.2, 0.25) is 0 Å². The molecule has 0 bridgehead atoms. The second-order valence-electron chi connectivity index (χ2n) is 7.68. The van der Waals surface area contributed by atoms with Crippen LogP contribution in [0.3, 0.4) is 0 Å². The van der Waals surface area contributed by atoms with Crippen molar-refractivity contribution in [3.63, 3.8) is 0 Å². The maximum atomic E-state index is 13.6. The molecule has 0 saturated carbocycles. The zero-order valence-corrected chi connectivity index (χ0v) is 15.8. The quantitative estimate of drug-likeness (QED) is 0.557. The molecule has 3 rings (SSSR count). The number of quaternary nitrogens is 1. The smallest absolute Gasteiger partial charge is 0.187 e. The molecule has 0 spiro atoms. The molecular formula is C22H26FN2O+. The minimum absolute atomic E-state index is 0.243. The number of aryl methyl sites for hydroxylation is 1. The summed E-state index contributed by atoms with van der Waals surface area (Å²) in [6, 6.07) is 12.5. The summed E-state index contributed by atoms with van der Waals surface area (Å²) in [5, 5.41) is 0. The highest BCUT2D eigenvalue weighted by molar-refractivity contribution is 5.53. The molecule has 1 aliphatic rings. The first-order chi connectivity index (χ1) is 12.4. The first-order valence-corrected chi connectivity index (χ1v) is 9.13. The van der Waals surface area contributed by atoms with Gasteiger partial charge in [0.05, 0.1) is 27.2 Å². The lowest BCUT2D eigenvalue weighted by Crippen LogP contribution is -2.42. The molecule has 1 heterocycles. The minimum atomic E-state index is -0.606. The van der Waals surface area contributed by atoms with E-state index in [1.807, 2.05) is 30.3 Å². The maximum Gasteiger partial charge on any atom is 0.187 e. The zero-order valence-electron chi connectivity index (χ0n) is 15.8. The Morgan fingerprint density at radius 3 is 2.58 bits per heavy atom. The monoisotopic (exact) mass is 353 g/mol. The van der Waals surface area contributed by atoms with E-state index in [-0.39, 0.29) is 5.82 Å². The van der Waals surface area contributed by atoms with Crippen LogP contribution in [0.1, 0.15) is 36.5 Å². The molecule has 4 heteroatoms. The van der Waals surface area contributed by atoms with Gasteiger partial charge in [-0.05, 0) is 36.1 Å². The zero-order chi connectivity index (χ0) is 18.8. The number of halogens is 1. The van der Waals surface area contributed by atoms with Gasteiger partial charge in [-0.15, -0.1) is 0 Å². The highest BCUT2D eigenvalue weighted by Crippen LogP contribution is 2.43. The van der Waals surface area contributed by atoms with Crippen LogP contribution in [0.4, 0.5) is 10.1 Å². The summed E-state index contributed by atoms with van der Waals surface area (Å²) >= 11 is 0. The van der Waals surface area contributed by atoms with Crippen molar-refractivity contribution in [3.05, 3.63) is 76.4 Å². The lowest BCUT2D eigenvalue weighted by molar-refractivity contribution is -0.909. The van der Waals surface area contributed by atoms with Crippen molar-refractivity contribution >= 4 is 5.69 Å². The van der Waals surface area contributed by atoms with Crippen LogP contribution in [0.15, 0.2) is 42.5 Å². The van der Waals surface area contributed by atoms with Gasteiger partial charge in [-0.1, -0.05) is 42.8 Å². The third-order valence-electron chi connectivity index (χ3n) is 5.30. The number of hydrogen-bond acceptors (Lipinski definition) is 1. The van der Waals surface area contributed by atoms with Gasteiger partial charge in [-0.2, -0.15) is 0 Å². The molecule has 0 amide bonds. The highest BCUT2D eigenvalue weighted by Gasteiger charge is 2.41. The van der Waals surface area contributed by atoms with E-state index < -0.39 is 5.60 Å². The number of ether oxygens (including phenoxy) is 1. The van der Waals surface area contributed by atoms with Crippen molar-refractivity contribution in [2.24, 2.45) is 0 Å². The average Bonchev–Trinajstić information content (AvgIpc) is 2.80. The molecule has 1 saturated heterocycles. The topological polar surface area (TPSA) is 13.6 Å². The van der Waals surface area contributed by atoms with E-state index >= 15 is 0 Å². The molecule has 3 nitrogen and oxygen atoms in total. The molecule has 1 unspecified atom stereocenters. The minimum Gasteiger partial charge on any atom is -0.316 e. The molecule has 0 N–H and O–H groups in total. The molecule has 1 atom stereocenters. The second kappa shape index (κ2) is 7.19. The van der Waals surface area contributed by atoms with Gasteiger partial charge in [-0.3, -0.25) is 0 Å². The van der Waals surface area contributed by atoms with E-state index in [4.69, 9.17) is 11.3 Å². The Morgan fingerprint density at radius 1 is 1.19 bits per heavy atom. The van der Waals surface area contributed by atoms with Crippen LogP contribution in [0.5, 0.6) is 0 Å². The molecule has 136 valence electrons. The van der Waals surface area contributed by atoms with Crippen molar-refractivity contribution in [1.82, 2.24) is 0 Å². The van der Waals surface area contributed by atoms with Crippen LogP contribution < -0.4 is 0 Å². The molecule has 1 fully saturated rings. The number of hydrogen-bond donors (Lipinski definition) is 0. The summed E-state index contributed by atoms with van der Waals surface area (Å²) in [7, 11) is 4.34. The largest absolute Gasteiger partial charge is 0.316 e. The van der Waals surface area contributed by atoms with E-state index in [2.05, 4.69) is 25.9 Å². The Bertz CT molecular complexity index is 823. The van der Waals surface area contributed by atoms with E-state index in [1.165, 1.54) is 12.1 Å². The number of nitrogens with zero attached hydrogens (tertiary/aromatic N) is 2. The van der Waals surface area contributed by atoms with E-state index in [9.17, 15) is 4.39 Å². The van der Waals surface area contributed by atoms with Gasteiger partial charge in [0, 0.05) is 6.42 Å². The Hall–Kier alpha value is -2.22. The Balaban J connectivity index is 2.18. The average molecular weight is 353 g/mol. The summed E-state index contributed by atoms with van der Waals surface area (Å²) in [4.78, 5) is 3.57. The fraction of sp³-hybridized carbons (Fsp3) is 0.409. The third kappa shape index (κ3) is 3.51. The summed E-state index contributed by atoms with van der Waals surface area (Å²) in [6.45, 7) is 11.0. The predicted molar refractivity (Wildman–Crippen MR) is 101 cm³/mol. The van der Waals surface area contributed by atoms with Gasteiger partial charge >= 0.3 is 0 Å². The molecule has 2 aromatic carbocycles. The van der Waals surface area contributed by atoms with E-state index in [1.54, 1.807) is 0 Å². The van der Waals surface area contributed by atoms with Crippen molar-refractivity contribution in [3.8, 4) is 0 Å². The molecule has 1 aliphatic heterocycles. The van der Waals surface area contributed by atoms with Crippen LogP contribution in [0.2, 0.25) is 0 Å². The first-order valence-electron chi connectivity index (χ1n) is 9.13. The third-order valence-corrected chi connectivity index (χ3v) is 5.30. The van der Waals surface area contributed by atoms with Crippen molar-refractivity contribution in [2.75, 3.05) is 27.4 Å². The predicted octanol–water partition coefficient (Wildman–Crippen LogP) is 5.03. The summed E-state index contributed by atoms with van der Waals surface area (Å²) < 4.78 is 21.0. The molecule has 0 aliphatic carbocycles. The Kier molecular flexibility index (Phi) is 5.13. The Labute approximate surface area is 155 Å². The SMILES string of the molecule is [C-]#[N+]c1ccc(C2(c3ccc(F)cc3)CCC[N+](C)(C)CO2)c(CC)c1. The number of rotatable bonds is 3. The summed E-state index contributed by atoms with van der Waals surface area (Å²) in [5.41, 5.74) is 3.23. The molecular weight excluding hydrogens is 327 g/mol. The highest BCUT2D eigenvalue weighted by atomic mass is 19.1. The van der Waals surface area contributed by atoms with Crippen molar-refractivity contribution < 1.29 is 13.6 Å². The van der Waals surface area contributed by atoms with Gasteiger partial charge in [0.25, 0.3) is 0 Å². The Morgan fingerprint density at radius 2 is 1.92 bits per heavy atom. The van der Waals surface area contributed by atoms with E-state index in [0.717, 1.165) is 47.0 Å². The molecule has 0 radical (unpaired) electrons. The lowest BCUT2D eigenvalue weighted by atomic mass is 9.79. The maximum absolute atomic E-state index is 13.6. The second-order valence-corrected chi connectivity index (χ2v) is 7.68. The van der Waals surface area contributed by atoms with Crippen molar-refractivity contribution in [1.29, 1.82) is 0 Å². The van der Waals surface area contributed by atoms with Gasteiger partial charge in [-0.25, -0.2) is 9.24 Å². The first kappa shape index (κ1) is 18.6.